The van der Waals surface area contributed by atoms with E-state index >= 15 is 0 Å². The Morgan fingerprint density at radius 2 is 2.05 bits per heavy atom. The van der Waals surface area contributed by atoms with Gasteiger partial charge in [-0.3, -0.25) is 4.90 Å². The Hall–Kier alpha value is -0.800. The molecule has 1 fully saturated rings. The predicted molar refractivity (Wildman–Crippen MR) is 83.5 cm³/mol. The molecule has 0 amide bonds. The molecule has 0 aromatic carbocycles. The summed E-state index contributed by atoms with van der Waals surface area (Å²) in [4.78, 5) is 2.55. The summed E-state index contributed by atoms with van der Waals surface area (Å²) < 4.78 is 5.90. The van der Waals surface area contributed by atoms with Crippen molar-refractivity contribution in [2.45, 2.75) is 53.1 Å². The van der Waals surface area contributed by atoms with Crippen molar-refractivity contribution in [2.75, 3.05) is 19.6 Å². The Bertz CT molecular complexity index is 386. The molecule has 1 atom stereocenters. The highest BCUT2D eigenvalue weighted by atomic mass is 16.3. The molecule has 20 heavy (non-hydrogen) atoms. The molecule has 1 aliphatic rings. The molecule has 2 rings (SSSR count). The van der Waals surface area contributed by atoms with Gasteiger partial charge in [-0.15, -0.1) is 0 Å². The molecule has 1 aliphatic heterocycles. The van der Waals surface area contributed by atoms with E-state index in [1.165, 1.54) is 32.4 Å². The Labute approximate surface area is 123 Å². The minimum absolute atomic E-state index is 0.824. The first-order valence-electron chi connectivity index (χ1n) is 8.19. The molecule has 0 saturated carbocycles. The van der Waals surface area contributed by atoms with Crippen LogP contribution in [0.15, 0.2) is 16.5 Å². The highest BCUT2D eigenvalue weighted by molar-refractivity contribution is 5.07. The lowest BCUT2D eigenvalue weighted by atomic mass is 9.89. The van der Waals surface area contributed by atoms with Gasteiger partial charge in [0, 0.05) is 0 Å². The lowest BCUT2D eigenvalue weighted by Crippen LogP contribution is -2.24. The second-order valence-electron chi connectivity index (χ2n) is 6.36. The fourth-order valence-corrected chi connectivity index (χ4v) is 3.08. The predicted octanol–water partition coefficient (Wildman–Crippen LogP) is 3.65. The zero-order chi connectivity index (χ0) is 14.4. The van der Waals surface area contributed by atoms with Crippen LogP contribution in [-0.2, 0) is 13.1 Å². The molecular weight excluding hydrogens is 248 g/mol. The summed E-state index contributed by atoms with van der Waals surface area (Å²) >= 11 is 0. The fourth-order valence-electron chi connectivity index (χ4n) is 3.08. The summed E-state index contributed by atoms with van der Waals surface area (Å²) in [5.41, 5.74) is 0. The number of furan rings is 1. The number of nitrogens with one attached hydrogen (secondary N) is 1. The third-order valence-electron chi connectivity index (χ3n) is 4.45. The second-order valence-corrected chi connectivity index (χ2v) is 6.36. The number of likely N-dealkylation sites (tertiary alicyclic amines) is 1. The van der Waals surface area contributed by atoms with Gasteiger partial charge in [-0.1, -0.05) is 20.8 Å². The zero-order valence-corrected chi connectivity index (χ0v) is 13.3. The van der Waals surface area contributed by atoms with Crippen molar-refractivity contribution in [3.05, 3.63) is 23.7 Å². The maximum Gasteiger partial charge on any atom is 0.118 e. The molecule has 0 radical (unpaired) electrons. The SMILES string of the molecule is CCNCc1ccc(CN2CCCC(C(C)C)CC2)o1. The van der Waals surface area contributed by atoms with Gasteiger partial charge in [0.05, 0.1) is 13.1 Å². The lowest BCUT2D eigenvalue weighted by molar-refractivity contribution is 0.242. The number of hydrogen-bond acceptors (Lipinski definition) is 3. The number of nitrogens with zero attached hydrogens (tertiary/aromatic N) is 1. The largest absolute Gasteiger partial charge is 0.463 e. The van der Waals surface area contributed by atoms with Crippen molar-refractivity contribution in [1.82, 2.24) is 10.2 Å². The molecule has 0 aliphatic carbocycles. The van der Waals surface area contributed by atoms with Gasteiger partial charge in [0.15, 0.2) is 0 Å². The molecule has 2 heterocycles. The van der Waals surface area contributed by atoms with E-state index in [0.29, 0.717) is 0 Å². The molecule has 1 aromatic heterocycles. The van der Waals surface area contributed by atoms with Crippen LogP contribution in [0.25, 0.3) is 0 Å². The molecular formula is C17H30N2O. The van der Waals surface area contributed by atoms with E-state index in [1.54, 1.807) is 0 Å². The molecule has 114 valence electrons. The Morgan fingerprint density at radius 1 is 1.25 bits per heavy atom. The highest BCUT2D eigenvalue weighted by Gasteiger charge is 2.20. The van der Waals surface area contributed by atoms with Gasteiger partial charge in [0.2, 0.25) is 0 Å². The van der Waals surface area contributed by atoms with Crippen molar-refractivity contribution >= 4 is 0 Å². The summed E-state index contributed by atoms with van der Waals surface area (Å²) in [6, 6.07) is 4.24. The van der Waals surface area contributed by atoms with Crippen LogP contribution >= 0.6 is 0 Å². The van der Waals surface area contributed by atoms with E-state index in [9.17, 15) is 0 Å². The number of rotatable bonds is 6. The van der Waals surface area contributed by atoms with Gasteiger partial charge in [-0.2, -0.15) is 0 Å². The van der Waals surface area contributed by atoms with Crippen LogP contribution in [0.2, 0.25) is 0 Å². The Kier molecular flexibility index (Phi) is 6.11. The first-order chi connectivity index (χ1) is 9.69. The van der Waals surface area contributed by atoms with Gasteiger partial charge in [0.1, 0.15) is 11.5 Å². The average molecular weight is 278 g/mol. The fraction of sp³-hybridized carbons (Fsp3) is 0.765. The Balaban J connectivity index is 1.82. The highest BCUT2D eigenvalue weighted by Crippen LogP contribution is 2.25. The second kappa shape index (κ2) is 7.84. The molecule has 3 nitrogen and oxygen atoms in total. The van der Waals surface area contributed by atoms with Gasteiger partial charge in [-0.25, -0.2) is 0 Å². The zero-order valence-electron chi connectivity index (χ0n) is 13.3. The molecule has 1 aromatic rings. The quantitative estimate of drug-likeness (QED) is 0.861. The van der Waals surface area contributed by atoms with Crippen LogP contribution in [0.5, 0.6) is 0 Å². The van der Waals surface area contributed by atoms with E-state index in [0.717, 1.165) is 43.0 Å². The van der Waals surface area contributed by atoms with Crippen molar-refractivity contribution in [3.63, 3.8) is 0 Å². The van der Waals surface area contributed by atoms with Crippen molar-refractivity contribution in [2.24, 2.45) is 11.8 Å². The lowest BCUT2D eigenvalue weighted by Gasteiger charge is -2.20. The minimum Gasteiger partial charge on any atom is -0.463 e. The standard InChI is InChI=1S/C17H30N2O/c1-4-18-12-16-7-8-17(20-16)13-19-10-5-6-15(9-11-19)14(2)3/h7-8,14-15,18H,4-6,9-13H2,1-3H3. The summed E-state index contributed by atoms with van der Waals surface area (Å²) in [5, 5.41) is 3.30. The first kappa shape index (κ1) is 15.6. The van der Waals surface area contributed by atoms with E-state index in [4.69, 9.17) is 4.42 Å². The summed E-state index contributed by atoms with van der Waals surface area (Å²) in [6.07, 6.45) is 4.05. The summed E-state index contributed by atoms with van der Waals surface area (Å²) in [6.45, 7) is 12.1. The molecule has 0 spiro atoms. The van der Waals surface area contributed by atoms with E-state index in [2.05, 4.69) is 43.1 Å². The van der Waals surface area contributed by atoms with Crippen molar-refractivity contribution in [1.29, 1.82) is 0 Å². The topological polar surface area (TPSA) is 28.4 Å². The van der Waals surface area contributed by atoms with Gasteiger partial charge >= 0.3 is 0 Å². The van der Waals surface area contributed by atoms with Gasteiger partial charge in [-0.05, 0) is 62.9 Å². The van der Waals surface area contributed by atoms with E-state index in [1.807, 2.05) is 0 Å². The van der Waals surface area contributed by atoms with Crippen LogP contribution in [0, 0.1) is 11.8 Å². The van der Waals surface area contributed by atoms with Crippen LogP contribution in [-0.4, -0.2) is 24.5 Å². The Morgan fingerprint density at radius 3 is 2.80 bits per heavy atom. The minimum atomic E-state index is 0.824. The third-order valence-corrected chi connectivity index (χ3v) is 4.45. The van der Waals surface area contributed by atoms with E-state index in [-0.39, 0.29) is 0 Å². The van der Waals surface area contributed by atoms with Crippen LogP contribution in [0.3, 0.4) is 0 Å². The van der Waals surface area contributed by atoms with Crippen LogP contribution in [0.4, 0.5) is 0 Å². The van der Waals surface area contributed by atoms with Gasteiger partial charge < -0.3 is 9.73 Å². The first-order valence-corrected chi connectivity index (χ1v) is 8.19. The van der Waals surface area contributed by atoms with Gasteiger partial charge in [0.25, 0.3) is 0 Å². The van der Waals surface area contributed by atoms with Crippen molar-refractivity contribution < 1.29 is 4.42 Å². The smallest absolute Gasteiger partial charge is 0.118 e. The summed E-state index contributed by atoms with van der Waals surface area (Å²) in [7, 11) is 0. The summed E-state index contributed by atoms with van der Waals surface area (Å²) in [5.74, 6) is 3.89. The normalized spacial score (nSPS) is 21.3. The molecule has 3 heteroatoms. The molecule has 1 saturated heterocycles. The number of hydrogen-bond donors (Lipinski definition) is 1. The third kappa shape index (κ3) is 4.64. The van der Waals surface area contributed by atoms with Crippen LogP contribution < -0.4 is 5.32 Å². The van der Waals surface area contributed by atoms with Crippen LogP contribution in [0.1, 0.15) is 51.6 Å². The molecule has 1 unspecified atom stereocenters. The van der Waals surface area contributed by atoms with Crippen molar-refractivity contribution in [3.8, 4) is 0 Å². The maximum absolute atomic E-state index is 5.90. The van der Waals surface area contributed by atoms with E-state index < -0.39 is 0 Å². The molecule has 0 bridgehead atoms. The maximum atomic E-state index is 5.90. The molecule has 1 N–H and O–H groups in total. The monoisotopic (exact) mass is 278 g/mol. The average Bonchev–Trinajstić information content (AvgIpc) is 2.72.